The topological polar surface area (TPSA) is 57.2 Å². The summed E-state index contributed by atoms with van der Waals surface area (Å²) >= 11 is 1.59. The molecule has 186 valence electrons. The third-order valence-corrected chi connectivity index (χ3v) is 12.7. The lowest BCUT2D eigenvalue weighted by atomic mass is 10.0. The zero-order valence-corrected chi connectivity index (χ0v) is 22.9. The fourth-order valence-corrected chi connectivity index (χ4v) is 10.7. The lowest BCUT2D eigenvalue weighted by Gasteiger charge is -2.45. The average molecular weight is 503 g/mol. The summed E-state index contributed by atoms with van der Waals surface area (Å²) < 4.78 is 25.9. The maximum absolute atomic E-state index is 11.0. The summed E-state index contributed by atoms with van der Waals surface area (Å²) in [5.41, 5.74) is -0.378. The molecule has 2 saturated heterocycles. The van der Waals surface area contributed by atoms with E-state index in [1.165, 1.54) is 10.4 Å². The van der Waals surface area contributed by atoms with E-state index in [4.69, 9.17) is 18.6 Å². The van der Waals surface area contributed by atoms with Gasteiger partial charge in [0.1, 0.15) is 29.9 Å². The molecule has 1 N–H and O–H groups in total. The molecule has 4 rings (SSSR count). The van der Waals surface area contributed by atoms with Crippen LogP contribution in [-0.4, -0.2) is 61.4 Å². The van der Waals surface area contributed by atoms with Crippen LogP contribution in [0.4, 0.5) is 0 Å². The van der Waals surface area contributed by atoms with Crippen LogP contribution >= 0.6 is 11.8 Å². The highest BCUT2D eigenvalue weighted by molar-refractivity contribution is 7.99. The number of benzene rings is 2. The molecular formula is C27H38O5SSi. The Hall–Kier alpha value is -1.19. The Morgan fingerprint density at radius 2 is 1.47 bits per heavy atom. The number of thioether (sulfide) groups is 1. The number of rotatable bonds is 7. The van der Waals surface area contributed by atoms with Crippen LogP contribution in [0.2, 0.25) is 5.04 Å². The van der Waals surface area contributed by atoms with E-state index < -0.39 is 32.4 Å². The van der Waals surface area contributed by atoms with Crippen LogP contribution in [0.15, 0.2) is 60.7 Å². The van der Waals surface area contributed by atoms with Crippen LogP contribution in [0.5, 0.6) is 0 Å². The minimum absolute atomic E-state index is 0.132. The molecule has 0 saturated carbocycles. The second-order valence-corrected chi connectivity index (χ2v) is 16.2. The monoisotopic (exact) mass is 502 g/mol. The van der Waals surface area contributed by atoms with Gasteiger partial charge in [0.15, 0.2) is 5.79 Å². The zero-order chi connectivity index (χ0) is 24.6. The largest absolute Gasteiger partial charge is 0.405 e. The quantitative estimate of drug-likeness (QED) is 0.579. The van der Waals surface area contributed by atoms with Crippen LogP contribution in [0.1, 0.15) is 41.5 Å². The van der Waals surface area contributed by atoms with E-state index in [1.54, 1.807) is 11.8 Å². The maximum atomic E-state index is 11.0. The summed E-state index contributed by atoms with van der Waals surface area (Å²) in [5.74, 6) is 0.0623. The van der Waals surface area contributed by atoms with E-state index in [9.17, 15) is 5.11 Å². The predicted octanol–water partition coefficient (Wildman–Crippen LogP) is 3.92. The molecule has 2 aromatic carbocycles. The van der Waals surface area contributed by atoms with Crippen molar-refractivity contribution in [2.45, 2.75) is 82.2 Å². The standard InChI is InChI=1S/C27H38O5SSi/c1-7-33-25-22(28)24-23(31-27(5,6)32-24)21(30-25)18-29-34(26(2,3)4,19-14-10-8-11-15-19)20-16-12-9-13-17-20/h8-17,21-25,28H,7,18H2,1-6H3/t21-,22-,23+,24-,25?/m1/s1. The lowest BCUT2D eigenvalue weighted by Crippen LogP contribution is -2.68. The van der Waals surface area contributed by atoms with E-state index >= 15 is 0 Å². The number of aliphatic hydroxyl groups excluding tert-OH is 1. The van der Waals surface area contributed by atoms with Gasteiger partial charge in [-0.3, -0.25) is 0 Å². The molecule has 2 fully saturated rings. The van der Waals surface area contributed by atoms with E-state index in [0.717, 1.165) is 5.75 Å². The van der Waals surface area contributed by atoms with Gasteiger partial charge in [0.2, 0.25) is 0 Å². The Morgan fingerprint density at radius 1 is 0.941 bits per heavy atom. The number of ether oxygens (including phenoxy) is 3. The maximum Gasteiger partial charge on any atom is 0.261 e. The molecule has 34 heavy (non-hydrogen) atoms. The molecule has 0 spiro atoms. The fraction of sp³-hybridized carbons (Fsp3) is 0.556. The van der Waals surface area contributed by atoms with Gasteiger partial charge in [0.25, 0.3) is 8.32 Å². The number of hydrogen-bond acceptors (Lipinski definition) is 6. The van der Waals surface area contributed by atoms with Gasteiger partial charge in [-0.2, -0.15) is 0 Å². The fourth-order valence-electron chi connectivity index (χ4n) is 5.26. The van der Waals surface area contributed by atoms with Crippen molar-refractivity contribution in [2.24, 2.45) is 0 Å². The van der Waals surface area contributed by atoms with Crippen molar-refractivity contribution in [1.29, 1.82) is 0 Å². The second-order valence-electron chi connectivity index (χ2n) is 10.5. The molecule has 0 aromatic heterocycles. The first-order chi connectivity index (χ1) is 16.1. The summed E-state index contributed by atoms with van der Waals surface area (Å²) in [6.45, 7) is 13.0. The molecular weight excluding hydrogens is 464 g/mol. The molecule has 0 amide bonds. The van der Waals surface area contributed by atoms with E-state index in [1.807, 2.05) is 26.0 Å². The van der Waals surface area contributed by atoms with Crippen LogP contribution < -0.4 is 10.4 Å². The Kier molecular flexibility index (Phi) is 7.65. The Bertz CT molecular complexity index is 894. The highest BCUT2D eigenvalue weighted by Crippen LogP contribution is 2.42. The summed E-state index contributed by atoms with van der Waals surface area (Å²) in [5, 5.41) is 13.3. The van der Waals surface area contributed by atoms with E-state index in [-0.39, 0.29) is 16.6 Å². The second kappa shape index (κ2) is 10.0. The summed E-state index contributed by atoms with van der Waals surface area (Å²) in [7, 11) is -2.72. The molecule has 5 atom stereocenters. The first kappa shape index (κ1) is 25.9. The van der Waals surface area contributed by atoms with Gasteiger partial charge >= 0.3 is 0 Å². The van der Waals surface area contributed by atoms with Gasteiger partial charge in [-0.25, -0.2) is 0 Å². The molecule has 5 nitrogen and oxygen atoms in total. The molecule has 0 bridgehead atoms. The van der Waals surface area contributed by atoms with Crippen LogP contribution in [0.3, 0.4) is 0 Å². The molecule has 0 radical (unpaired) electrons. The first-order valence-corrected chi connectivity index (χ1v) is 15.1. The summed E-state index contributed by atoms with van der Waals surface area (Å²) in [6, 6.07) is 21.2. The zero-order valence-electron chi connectivity index (χ0n) is 21.1. The van der Waals surface area contributed by atoms with Crippen molar-refractivity contribution in [2.75, 3.05) is 12.4 Å². The number of aliphatic hydroxyl groups is 1. The Labute approximate surface area is 209 Å². The lowest BCUT2D eigenvalue weighted by molar-refractivity contribution is -0.166. The minimum Gasteiger partial charge on any atom is -0.405 e. The van der Waals surface area contributed by atoms with Gasteiger partial charge in [-0.05, 0) is 35.0 Å². The molecule has 2 aromatic rings. The molecule has 7 heteroatoms. The Morgan fingerprint density at radius 3 is 1.97 bits per heavy atom. The van der Waals surface area contributed by atoms with Gasteiger partial charge in [-0.1, -0.05) is 88.4 Å². The minimum atomic E-state index is -2.72. The molecule has 2 aliphatic rings. The van der Waals surface area contributed by atoms with Gasteiger partial charge in [-0.15, -0.1) is 11.8 Å². The molecule has 2 heterocycles. The third-order valence-electron chi connectivity index (χ3n) is 6.67. The first-order valence-electron chi connectivity index (χ1n) is 12.1. The van der Waals surface area contributed by atoms with Gasteiger partial charge in [0, 0.05) is 0 Å². The number of fused-ring (bicyclic) bond motifs is 1. The third kappa shape index (κ3) is 4.89. The smallest absolute Gasteiger partial charge is 0.261 e. The number of hydrogen-bond donors (Lipinski definition) is 1. The SMILES string of the molecule is CCSC1O[C@H](CO[Si](c2ccccc2)(c2ccccc2)C(C)(C)C)[C@@H]2OC(C)(C)O[C@@H]2[C@H]1O. The van der Waals surface area contributed by atoms with Gasteiger partial charge < -0.3 is 23.7 Å². The van der Waals surface area contributed by atoms with Crippen LogP contribution in [0.25, 0.3) is 0 Å². The highest BCUT2D eigenvalue weighted by atomic mass is 32.2. The van der Waals surface area contributed by atoms with Crippen molar-refractivity contribution in [3.8, 4) is 0 Å². The Balaban J connectivity index is 1.71. The van der Waals surface area contributed by atoms with Crippen LogP contribution in [0, 0.1) is 0 Å². The normalized spacial score (nSPS) is 29.1. The van der Waals surface area contributed by atoms with Crippen molar-refractivity contribution < 1.29 is 23.7 Å². The van der Waals surface area contributed by atoms with Crippen molar-refractivity contribution in [1.82, 2.24) is 0 Å². The predicted molar refractivity (Wildman–Crippen MR) is 140 cm³/mol. The summed E-state index contributed by atoms with van der Waals surface area (Å²) in [6.07, 6.45) is -1.93. The van der Waals surface area contributed by atoms with Gasteiger partial charge in [0.05, 0.1) is 6.61 Å². The van der Waals surface area contributed by atoms with Crippen molar-refractivity contribution >= 4 is 30.5 Å². The highest BCUT2D eigenvalue weighted by Gasteiger charge is 2.56. The molecule has 2 aliphatic heterocycles. The van der Waals surface area contributed by atoms with Crippen molar-refractivity contribution in [3.63, 3.8) is 0 Å². The average Bonchev–Trinajstić information content (AvgIpc) is 3.13. The summed E-state index contributed by atoms with van der Waals surface area (Å²) in [4.78, 5) is 0. The van der Waals surface area contributed by atoms with E-state index in [2.05, 4.69) is 76.2 Å². The molecule has 1 unspecified atom stereocenters. The van der Waals surface area contributed by atoms with E-state index in [0.29, 0.717) is 6.61 Å². The molecule has 0 aliphatic carbocycles. The van der Waals surface area contributed by atoms with Crippen molar-refractivity contribution in [3.05, 3.63) is 60.7 Å². The van der Waals surface area contributed by atoms with Crippen LogP contribution in [-0.2, 0) is 18.6 Å².